The van der Waals surface area contributed by atoms with Crippen LogP contribution in [0.25, 0.3) is 0 Å². The molecule has 0 saturated carbocycles. The quantitative estimate of drug-likeness (QED) is 0.762. The lowest BCUT2D eigenvalue weighted by molar-refractivity contribution is 0.0959. The Hall–Kier alpha value is -3.23. The molecule has 1 aliphatic heterocycles. The summed E-state index contributed by atoms with van der Waals surface area (Å²) < 4.78 is 13.7. The molecule has 27 heavy (non-hydrogen) atoms. The van der Waals surface area contributed by atoms with Gasteiger partial charge in [-0.05, 0) is 37.1 Å². The molecule has 1 aromatic carbocycles. The summed E-state index contributed by atoms with van der Waals surface area (Å²) in [7, 11) is 1.42. The highest BCUT2D eigenvalue weighted by atomic mass is 19.1. The van der Waals surface area contributed by atoms with Crippen LogP contribution in [0.2, 0.25) is 0 Å². The van der Waals surface area contributed by atoms with Crippen molar-refractivity contribution in [2.24, 2.45) is 0 Å². The van der Waals surface area contributed by atoms with Crippen molar-refractivity contribution in [3.05, 3.63) is 47.5 Å². The first-order chi connectivity index (χ1) is 13.0. The molecule has 1 fully saturated rings. The molecule has 1 aliphatic rings. The topological polar surface area (TPSA) is 113 Å². The largest absolute Gasteiger partial charge is 0.368 e. The number of piperidine rings is 1. The van der Waals surface area contributed by atoms with Crippen molar-refractivity contribution in [1.82, 2.24) is 20.2 Å². The Morgan fingerprint density at radius 1 is 1.26 bits per heavy atom. The second-order valence-corrected chi connectivity index (χ2v) is 6.30. The summed E-state index contributed by atoms with van der Waals surface area (Å²) in [4.78, 5) is 34.0. The number of urea groups is 1. The molecule has 1 saturated heterocycles. The molecule has 1 aromatic heterocycles. The minimum absolute atomic E-state index is 0.115. The molecule has 0 atom stereocenters. The van der Waals surface area contributed by atoms with Gasteiger partial charge >= 0.3 is 6.03 Å². The summed E-state index contributed by atoms with van der Waals surface area (Å²) in [6.07, 6.45) is 3.16. The van der Waals surface area contributed by atoms with Crippen molar-refractivity contribution in [2.75, 3.05) is 31.2 Å². The Labute approximate surface area is 156 Å². The third-order valence-electron chi connectivity index (χ3n) is 4.59. The Morgan fingerprint density at radius 3 is 2.67 bits per heavy atom. The van der Waals surface area contributed by atoms with E-state index in [0.29, 0.717) is 18.8 Å². The molecule has 4 N–H and O–H groups in total. The van der Waals surface area contributed by atoms with Crippen molar-refractivity contribution in [3.8, 4) is 0 Å². The lowest BCUT2D eigenvalue weighted by atomic mass is 9.93. The average Bonchev–Trinajstić information content (AvgIpc) is 2.69. The lowest BCUT2D eigenvalue weighted by Gasteiger charge is -2.31. The van der Waals surface area contributed by atoms with Crippen molar-refractivity contribution in [3.63, 3.8) is 0 Å². The van der Waals surface area contributed by atoms with E-state index in [0.717, 1.165) is 24.6 Å². The highest BCUT2D eigenvalue weighted by Crippen LogP contribution is 2.27. The van der Waals surface area contributed by atoms with E-state index in [1.165, 1.54) is 19.2 Å². The number of anilines is 2. The van der Waals surface area contributed by atoms with Gasteiger partial charge in [0.25, 0.3) is 5.91 Å². The molecule has 9 heteroatoms. The summed E-state index contributed by atoms with van der Waals surface area (Å²) in [6, 6.07) is 5.46. The molecule has 0 spiro atoms. The number of rotatable bonds is 3. The van der Waals surface area contributed by atoms with Crippen LogP contribution in [0.3, 0.4) is 0 Å². The Kier molecular flexibility index (Phi) is 5.49. The van der Waals surface area contributed by atoms with E-state index in [1.807, 2.05) is 6.07 Å². The third kappa shape index (κ3) is 4.30. The SMILES string of the molecule is CNC(=O)c1cc(NC(=O)N2CCC(c3ccnc(N)n3)CC2)ccc1F. The molecule has 2 aromatic rings. The van der Waals surface area contributed by atoms with Crippen LogP contribution in [0.1, 0.15) is 34.8 Å². The van der Waals surface area contributed by atoms with Crippen LogP contribution in [0, 0.1) is 5.82 Å². The zero-order chi connectivity index (χ0) is 19.4. The number of nitrogen functional groups attached to an aromatic ring is 1. The standard InChI is InChI=1S/C18H21FN6O2/c1-21-16(26)13-10-12(2-3-14(13)19)23-18(27)25-8-5-11(6-9-25)15-4-7-22-17(20)24-15/h2-4,7,10-11H,5-6,8-9H2,1H3,(H,21,26)(H,23,27)(H2,20,22,24). The number of nitrogens with zero attached hydrogens (tertiary/aromatic N) is 3. The predicted molar refractivity (Wildman–Crippen MR) is 98.8 cm³/mol. The van der Waals surface area contributed by atoms with E-state index in [1.54, 1.807) is 11.1 Å². The molecular formula is C18H21FN6O2. The predicted octanol–water partition coefficient (Wildman–Crippen LogP) is 1.97. The van der Waals surface area contributed by atoms with Gasteiger partial charge in [-0.3, -0.25) is 4.79 Å². The van der Waals surface area contributed by atoms with Gasteiger partial charge in [0.05, 0.1) is 5.56 Å². The van der Waals surface area contributed by atoms with E-state index in [-0.39, 0.29) is 23.5 Å². The maximum absolute atomic E-state index is 13.7. The number of nitrogens with two attached hydrogens (primary N) is 1. The van der Waals surface area contributed by atoms with E-state index in [4.69, 9.17) is 5.73 Å². The number of likely N-dealkylation sites (tertiary alicyclic amines) is 1. The zero-order valence-electron chi connectivity index (χ0n) is 14.9. The Bertz CT molecular complexity index is 851. The fourth-order valence-electron chi connectivity index (χ4n) is 3.11. The van der Waals surface area contributed by atoms with E-state index >= 15 is 0 Å². The Balaban J connectivity index is 1.61. The van der Waals surface area contributed by atoms with Gasteiger partial charge in [-0.25, -0.2) is 19.2 Å². The average molecular weight is 372 g/mol. The van der Waals surface area contributed by atoms with Crippen LogP contribution in [-0.4, -0.2) is 46.9 Å². The highest BCUT2D eigenvalue weighted by molar-refractivity contribution is 5.97. The smallest absolute Gasteiger partial charge is 0.321 e. The summed E-state index contributed by atoms with van der Waals surface area (Å²) in [5.74, 6) is -0.716. The fourth-order valence-corrected chi connectivity index (χ4v) is 3.11. The summed E-state index contributed by atoms with van der Waals surface area (Å²) in [5, 5.41) is 5.09. The van der Waals surface area contributed by atoms with Crippen molar-refractivity contribution in [2.45, 2.75) is 18.8 Å². The maximum atomic E-state index is 13.7. The number of nitrogens with one attached hydrogen (secondary N) is 2. The number of carbonyl (C=O) groups excluding carboxylic acids is 2. The molecular weight excluding hydrogens is 351 g/mol. The van der Waals surface area contributed by atoms with Gasteiger partial charge < -0.3 is 21.3 Å². The number of amides is 3. The summed E-state index contributed by atoms with van der Waals surface area (Å²) in [5.41, 5.74) is 6.77. The number of halogens is 1. The first-order valence-corrected chi connectivity index (χ1v) is 8.64. The summed E-state index contributed by atoms with van der Waals surface area (Å²) in [6.45, 7) is 1.12. The molecule has 3 amide bonds. The van der Waals surface area contributed by atoms with Gasteiger partial charge in [-0.2, -0.15) is 0 Å². The minimum Gasteiger partial charge on any atom is -0.368 e. The molecule has 0 radical (unpaired) electrons. The maximum Gasteiger partial charge on any atom is 0.321 e. The highest BCUT2D eigenvalue weighted by Gasteiger charge is 2.25. The first-order valence-electron chi connectivity index (χ1n) is 8.64. The van der Waals surface area contributed by atoms with Gasteiger partial charge in [-0.1, -0.05) is 0 Å². The number of carbonyl (C=O) groups is 2. The minimum atomic E-state index is -0.641. The molecule has 3 rings (SSSR count). The Morgan fingerprint density at radius 2 is 2.00 bits per heavy atom. The van der Waals surface area contributed by atoms with Gasteiger partial charge in [-0.15, -0.1) is 0 Å². The molecule has 0 bridgehead atoms. The van der Waals surface area contributed by atoms with Gasteiger partial charge in [0, 0.05) is 43.6 Å². The fraction of sp³-hybridized carbons (Fsp3) is 0.333. The van der Waals surface area contributed by atoms with E-state index in [9.17, 15) is 14.0 Å². The number of hydrogen-bond donors (Lipinski definition) is 3. The van der Waals surface area contributed by atoms with E-state index in [2.05, 4.69) is 20.6 Å². The van der Waals surface area contributed by atoms with Crippen LogP contribution >= 0.6 is 0 Å². The zero-order valence-corrected chi connectivity index (χ0v) is 14.9. The molecule has 8 nitrogen and oxygen atoms in total. The van der Waals surface area contributed by atoms with Crippen LogP contribution in [0.5, 0.6) is 0 Å². The van der Waals surface area contributed by atoms with Gasteiger partial charge in [0.1, 0.15) is 5.82 Å². The summed E-state index contributed by atoms with van der Waals surface area (Å²) >= 11 is 0. The number of aromatic nitrogens is 2. The second kappa shape index (κ2) is 7.98. The van der Waals surface area contributed by atoms with E-state index < -0.39 is 11.7 Å². The van der Waals surface area contributed by atoms with Gasteiger partial charge in [0.15, 0.2) is 0 Å². The van der Waals surface area contributed by atoms with Crippen LogP contribution < -0.4 is 16.4 Å². The van der Waals surface area contributed by atoms with Crippen molar-refractivity contribution >= 4 is 23.6 Å². The van der Waals surface area contributed by atoms with Crippen LogP contribution in [0.4, 0.5) is 20.8 Å². The molecule has 0 aliphatic carbocycles. The first kappa shape index (κ1) is 18.6. The lowest BCUT2D eigenvalue weighted by Crippen LogP contribution is -2.40. The van der Waals surface area contributed by atoms with Crippen LogP contribution in [-0.2, 0) is 0 Å². The van der Waals surface area contributed by atoms with Gasteiger partial charge in [0.2, 0.25) is 5.95 Å². The monoisotopic (exact) mass is 372 g/mol. The normalized spacial score (nSPS) is 14.7. The van der Waals surface area contributed by atoms with Crippen LogP contribution in [0.15, 0.2) is 30.5 Å². The van der Waals surface area contributed by atoms with Crippen molar-refractivity contribution in [1.29, 1.82) is 0 Å². The molecule has 0 unspecified atom stereocenters. The number of benzene rings is 1. The number of hydrogen-bond acceptors (Lipinski definition) is 5. The second-order valence-electron chi connectivity index (χ2n) is 6.30. The third-order valence-corrected chi connectivity index (χ3v) is 4.59. The molecule has 2 heterocycles. The van der Waals surface area contributed by atoms with Crippen molar-refractivity contribution < 1.29 is 14.0 Å². The molecule has 142 valence electrons.